The Labute approximate surface area is 158 Å². The van der Waals surface area contributed by atoms with E-state index in [1.807, 2.05) is 0 Å². The third-order valence-corrected chi connectivity index (χ3v) is 7.57. The number of amides is 1. The van der Waals surface area contributed by atoms with Crippen LogP contribution in [0.2, 0.25) is 0 Å². The van der Waals surface area contributed by atoms with Crippen molar-refractivity contribution in [2.45, 2.75) is 11.8 Å². The van der Waals surface area contributed by atoms with Gasteiger partial charge in [0.25, 0.3) is 0 Å². The normalized spacial score (nSPS) is 10.3. The molecule has 0 spiro atoms. The standard InChI is InChI=1S/C12H14AsNO5S4/c1-8(15)14-23-22-10-4-2-9(3-5-10)13(18-11(16)6-20)19-12(17)7-21/h2-5,20-21H,6-7H2,1H3,(H,14,15). The van der Waals surface area contributed by atoms with Crippen molar-refractivity contribution in [2.24, 2.45) is 0 Å². The Kier molecular flexibility index (Phi) is 10.0. The fourth-order valence-corrected chi connectivity index (χ4v) is 5.68. The molecule has 0 bridgehead atoms. The van der Waals surface area contributed by atoms with Gasteiger partial charge in [0.1, 0.15) is 0 Å². The summed E-state index contributed by atoms with van der Waals surface area (Å²) in [7, 11) is 2.56. The Morgan fingerprint density at radius 1 is 1.09 bits per heavy atom. The van der Waals surface area contributed by atoms with Crippen LogP contribution in [0.3, 0.4) is 0 Å². The monoisotopic (exact) mass is 455 g/mol. The maximum absolute atomic E-state index is 11.4. The van der Waals surface area contributed by atoms with E-state index in [1.165, 1.54) is 28.7 Å². The van der Waals surface area contributed by atoms with E-state index in [2.05, 4.69) is 30.0 Å². The summed E-state index contributed by atoms with van der Waals surface area (Å²) in [5.74, 6) is -1.40. The molecule has 0 fully saturated rings. The van der Waals surface area contributed by atoms with Gasteiger partial charge in [0.05, 0.1) is 0 Å². The molecule has 23 heavy (non-hydrogen) atoms. The Morgan fingerprint density at radius 3 is 2.04 bits per heavy atom. The van der Waals surface area contributed by atoms with E-state index in [9.17, 15) is 14.4 Å². The summed E-state index contributed by atoms with van der Waals surface area (Å²) in [4.78, 5) is 34.5. The summed E-state index contributed by atoms with van der Waals surface area (Å²) in [5.41, 5.74) is 0. The van der Waals surface area contributed by atoms with Crippen molar-refractivity contribution in [3.8, 4) is 0 Å². The van der Waals surface area contributed by atoms with E-state index in [0.717, 1.165) is 4.90 Å². The Balaban J connectivity index is 2.75. The number of carbonyl (C=O) groups excluding carboxylic acids is 3. The predicted molar refractivity (Wildman–Crippen MR) is 99.0 cm³/mol. The van der Waals surface area contributed by atoms with Crippen LogP contribution in [0.4, 0.5) is 0 Å². The van der Waals surface area contributed by atoms with Gasteiger partial charge in [0.15, 0.2) is 0 Å². The second-order valence-electron chi connectivity index (χ2n) is 3.82. The minimum atomic E-state index is -2.77. The van der Waals surface area contributed by atoms with Crippen LogP contribution >= 0.6 is 47.0 Å². The SMILES string of the molecule is CC(=O)NSSc1ccc([As](OC(=O)CS)OC(=O)CS)cc1. The van der Waals surface area contributed by atoms with Gasteiger partial charge >= 0.3 is 159 Å². The number of benzene rings is 1. The van der Waals surface area contributed by atoms with Crippen molar-refractivity contribution in [3.05, 3.63) is 24.3 Å². The molecule has 0 saturated heterocycles. The molecule has 1 rings (SSSR count). The first-order valence-electron chi connectivity index (χ1n) is 6.10. The third-order valence-electron chi connectivity index (χ3n) is 2.00. The number of carbonyl (C=O) groups is 3. The summed E-state index contributed by atoms with van der Waals surface area (Å²) in [5, 5.41) is 0. The molecule has 0 radical (unpaired) electrons. The summed E-state index contributed by atoms with van der Waals surface area (Å²) in [6.45, 7) is 1.43. The van der Waals surface area contributed by atoms with Crippen molar-refractivity contribution >= 4 is 84.6 Å². The van der Waals surface area contributed by atoms with E-state index >= 15 is 0 Å². The molecule has 0 aliphatic rings. The molecule has 0 aliphatic carbocycles. The number of nitrogens with one attached hydrogen (secondary N) is 1. The second kappa shape index (κ2) is 11.2. The maximum atomic E-state index is 11.4. The van der Waals surface area contributed by atoms with E-state index in [-0.39, 0.29) is 17.4 Å². The number of hydrogen-bond donors (Lipinski definition) is 3. The molecule has 0 saturated carbocycles. The van der Waals surface area contributed by atoms with Crippen LogP contribution in [0.5, 0.6) is 0 Å². The van der Waals surface area contributed by atoms with Gasteiger partial charge in [-0.05, 0) is 0 Å². The fraction of sp³-hybridized carbons (Fsp3) is 0.250. The molecule has 11 heteroatoms. The van der Waals surface area contributed by atoms with Gasteiger partial charge in [-0.1, -0.05) is 0 Å². The van der Waals surface area contributed by atoms with Gasteiger partial charge in [-0.2, -0.15) is 0 Å². The van der Waals surface area contributed by atoms with Crippen molar-refractivity contribution in [3.63, 3.8) is 0 Å². The molecule has 1 aromatic carbocycles. The van der Waals surface area contributed by atoms with Gasteiger partial charge in [-0.25, -0.2) is 0 Å². The number of thiol groups is 2. The zero-order valence-corrected chi connectivity index (χ0v) is 17.2. The van der Waals surface area contributed by atoms with Crippen LogP contribution in [-0.4, -0.2) is 44.7 Å². The van der Waals surface area contributed by atoms with Gasteiger partial charge in [-0.15, -0.1) is 0 Å². The topological polar surface area (TPSA) is 81.7 Å². The predicted octanol–water partition coefficient (Wildman–Crippen LogP) is 1.12. The molecular weight excluding hydrogens is 441 g/mol. The molecule has 1 aromatic rings. The Morgan fingerprint density at radius 2 is 1.61 bits per heavy atom. The fourth-order valence-electron chi connectivity index (χ4n) is 1.12. The van der Waals surface area contributed by atoms with E-state index in [0.29, 0.717) is 4.35 Å². The summed E-state index contributed by atoms with van der Waals surface area (Å²) in [6, 6.07) is 7.04. The molecule has 0 heterocycles. The zero-order valence-electron chi connectivity index (χ0n) is 11.9. The Hall–Kier alpha value is -0.412. The first kappa shape index (κ1) is 20.6. The molecule has 1 N–H and O–H groups in total. The molecule has 0 atom stereocenters. The van der Waals surface area contributed by atoms with Crippen LogP contribution in [0.15, 0.2) is 29.2 Å². The van der Waals surface area contributed by atoms with E-state index in [4.69, 9.17) is 7.45 Å². The van der Waals surface area contributed by atoms with Gasteiger partial charge in [0.2, 0.25) is 0 Å². The molecule has 0 unspecified atom stereocenters. The average molecular weight is 455 g/mol. The van der Waals surface area contributed by atoms with Crippen LogP contribution in [0, 0.1) is 0 Å². The Bertz CT molecular complexity index is 539. The molecule has 126 valence electrons. The van der Waals surface area contributed by atoms with E-state index in [1.54, 1.807) is 24.3 Å². The summed E-state index contributed by atoms with van der Waals surface area (Å²) < 4.78 is 13.6. The number of hydrogen-bond acceptors (Lipinski definition) is 9. The quantitative estimate of drug-likeness (QED) is 0.235. The van der Waals surface area contributed by atoms with Crippen molar-refractivity contribution in [2.75, 3.05) is 11.5 Å². The first-order chi connectivity index (χ1) is 11.0. The average Bonchev–Trinajstić information content (AvgIpc) is 2.54. The molecule has 0 aromatic heterocycles. The molecular formula is C12H14AsNO5S4. The van der Waals surface area contributed by atoms with Crippen molar-refractivity contribution in [1.82, 2.24) is 4.72 Å². The third kappa shape index (κ3) is 8.30. The minimum absolute atomic E-state index is 0.0923. The molecule has 1 amide bonds. The van der Waals surface area contributed by atoms with E-state index < -0.39 is 27.3 Å². The van der Waals surface area contributed by atoms with Crippen molar-refractivity contribution in [1.29, 1.82) is 0 Å². The summed E-state index contributed by atoms with van der Waals surface area (Å²) >= 11 is 4.91. The van der Waals surface area contributed by atoms with Crippen LogP contribution in [0.25, 0.3) is 0 Å². The molecule has 0 aliphatic heterocycles. The van der Waals surface area contributed by atoms with Crippen LogP contribution < -0.4 is 9.07 Å². The van der Waals surface area contributed by atoms with Gasteiger partial charge in [0, 0.05) is 0 Å². The molecule has 6 nitrogen and oxygen atoms in total. The van der Waals surface area contributed by atoms with Gasteiger partial charge in [-0.3, -0.25) is 0 Å². The zero-order chi connectivity index (χ0) is 17.2. The van der Waals surface area contributed by atoms with Crippen molar-refractivity contribution < 1.29 is 21.8 Å². The van der Waals surface area contributed by atoms with Gasteiger partial charge < -0.3 is 0 Å². The van der Waals surface area contributed by atoms with Crippen LogP contribution in [0.1, 0.15) is 6.92 Å². The first-order valence-corrected chi connectivity index (χ1v) is 12.0. The summed E-state index contributed by atoms with van der Waals surface area (Å²) in [6.07, 6.45) is 0. The van der Waals surface area contributed by atoms with Crippen LogP contribution in [-0.2, 0) is 21.8 Å². The second-order valence-corrected chi connectivity index (χ2v) is 9.39. The number of rotatable bonds is 8.